The molecule has 1 unspecified atom stereocenters. The SMILES string of the molecule is CCn1cc([N+](=O)[O-])cc1C(=O)NC(C(=O)O)C(C)C. The van der Waals surface area contributed by atoms with Crippen LogP contribution in [-0.2, 0) is 11.3 Å². The number of carboxylic acids is 1. The number of aliphatic carboxylic acids is 1. The Morgan fingerprint density at radius 2 is 2.10 bits per heavy atom. The number of amides is 1. The van der Waals surface area contributed by atoms with Gasteiger partial charge < -0.3 is 15.0 Å². The number of rotatable bonds is 6. The van der Waals surface area contributed by atoms with E-state index in [9.17, 15) is 19.7 Å². The molecule has 1 aromatic heterocycles. The van der Waals surface area contributed by atoms with Crippen LogP contribution in [0.15, 0.2) is 12.3 Å². The molecule has 20 heavy (non-hydrogen) atoms. The maximum Gasteiger partial charge on any atom is 0.326 e. The quantitative estimate of drug-likeness (QED) is 0.602. The molecule has 1 amide bonds. The third-order valence-corrected chi connectivity index (χ3v) is 2.89. The van der Waals surface area contributed by atoms with Gasteiger partial charge in [-0.2, -0.15) is 0 Å². The molecule has 1 aromatic rings. The first kappa shape index (κ1) is 15.7. The van der Waals surface area contributed by atoms with Crippen molar-refractivity contribution in [3.05, 3.63) is 28.1 Å². The highest BCUT2D eigenvalue weighted by Crippen LogP contribution is 2.17. The van der Waals surface area contributed by atoms with Gasteiger partial charge in [0.25, 0.3) is 11.6 Å². The zero-order valence-corrected chi connectivity index (χ0v) is 11.5. The van der Waals surface area contributed by atoms with Gasteiger partial charge in [0, 0.05) is 12.6 Å². The Labute approximate surface area is 115 Å². The number of aromatic nitrogens is 1. The van der Waals surface area contributed by atoms with Gasteiger partial charge in [0.15, 0.2) is 0 Å². The third-order valence-electron chi connectivity index (χ3n) is 2.89. The normalized spacial score (nSPS) is 12.2. The van der Waals surface area contributed by atoms with Crippen molar-refractivity contribution >= 4 is 17.6 Å². The Morgan fingerprint density at radius 3 is 2.50 bits per heavy atom. The molecule has 110 valence electrons. The minimum absolute atomic E-state index is 0.0751. The van der Waals surface area contributed by atoms with Crippen LogP contribution in [0.3, 0.4) is 0 Å². The van der Waals surface area contributed by atoms with E-state index in [-0.39, 0.29) is 17.3 Å². The number of nitrogens with one attached hydrogen (secondary N) is 1. The summed E-state index contributed by atoms with van der Waals surface area (Å²) in [6.07, 6.45) is 1.25. The Hall–Kier alpha value is -2.38. The molecule has 1 heterocycles. The Balaban J connectivity index is 3.02. The van der Waals surface area contributed by atoms with E-state index in [0.717, 1.165) is 6.07 Å². The lowest BCUT2D eigenvalue weighted by Crippen LogP contribution is -2.44. The van der Waals surface area contributed by atoms with Gasteiger partial charge in [0.05, 0.1) is 11.1 Å². The van der Waals surface area contributed by atoms with E-state index < -0.39 is 22.8 Å². The smallest absolute Gasteiger partial charge is 0.326 e. The van der Waals surface area contributed by atoms with Gasteiger partial charge >= 0.3 is 5.97 Å². The van der Waals surface area contributed by atoms with Crippen molar-refractivity contribution in [2.24, 2.45) is 5.92 Å². The number of carbonyl (C=O) groups is 2. The molecule has 8 heteroatoms. The largest absolute Gasteiger partial charge is 0.480 e. The molecule has 2 N–H and O–H groups in total. The van der Waals surface area contributed by atoms with Gasteiger partial charge in [-0.05, 0) is 12.8 Å². The summed E-state index contributed by atoms with van der Waals surface area (Å²) in [4.78, 5) is 33.2. The summed E-state index contributed by atoms with van der Waals surface area (Å²) in [6, 6.07) is 0.0969. The highest BCUT2D eigenvalue weighted by atomic mass is 16.6. The minimum atomic E-state index is -1.14. The molecule has 0 saturated heterocycles. The van der Waals surface area contributed by atoms with Crippen LogP contribution in [0.4, 0.5) is 5.69 Å². The first-order valence-corrected chi connectivity index (χ1v) is 6.16. The number of nitrogens with zero attached hydrogens (tertiary/aromatic N) is 2. The Morgan fingerprint density at radius 1 is 1.50 bits per heavy atom. The van der Waals surface area contributed by atoms with Crippen molar-refractivity contribution in [1.82, 2.24) is 9.88 Å². The number of aryl methyl sites for hydroxylation is 1. The van der Waals surface area contributed by atoms with Gasteiger partial charge in [-0.3, -0.25) is 14.9 Å². The first-order chi connectivity index (χ1) is 9.27. The molecular formula is C12H17N3O5. The molecule has 1 atom stereocenters. The lowest BCUT2D eigenvalue weighted by atomic mass is 10.0. The van der Waals surface area contributed by atoms with Crippen LogP contribution in [0.25, 0.3) is 0 Å². The number of carboxylic acid groups (broad SMARTS) is 1. The fourth-order valence-electron chi connectivity index (χ4n) is 1.78. The summed E-state index contributed by atoms with van der Waals surface area (Å²) in [5, 5.41) is 22.1. The maximum absolute atomic E-state index is 12.1. The van der Waals surface area contributed by atoms with Crippen LogP contribution >= 0.6 is 0 Å². The van der Waals surface area contributed by atoms with Crippen LogP contribution in [0.1, 0.15) is 31.3 Å². The molecule has 0 aliphatic carbocycles. The summed E-state index contributed by atoms with van der Waals surface area (Å²) in [7, 11) is 0. The molecule has 0 spiro atoms. The van der Waals surface area contributed by atoms with E-state index >= 15 is 0 Å². The summed E-state index contributed by atoms with van der Waals surface area (Å²) in [5.41, 5.74) is -0.125. The van der Waals surface area contributed by atoms with Crippen molar-refractivity contribution in [3.63, 3.8) is 0 Å². The zero-order valence-electron chi connectivity index (χ0n) is 11.5. The molecule has 1 rings (SSSR count). The van der Waals surface area contributed by atoms with Crippen molar-refractivity contribution in [3.8, 4) is 0 Å². The standard InChI is InChI=1S/C12H17N3O5/c1-4-14-6-8(15(19)20)5-9(14)11(16)13-10(7(2)3)12(17)18/h5-7,10H,4H2,1-3H3,(H,13,16)(H,17,18). The molecule has 0 radical (unpaired) electrons. The monoisotopic (exact) mass is 283 g/mol. The summed E-state index contributed by atoms with van der Waals surface area (Å²) < 4.78 is 1.41. The predicted molar refractivity (Wildman–Crippen MR) is 70.5 cm³/mol. The third kappa shape index (κ3) is 3.34. The van der Waals surface area contributed by atoms with Gasteiger partial charge in [0.2, 0.25) is 0 Å². The average molecular weight is 283 g/mol. The summed E-state index contributed by atoms with van der Waals surface area (Å²) >= 11 is 0. The van der Waals surface area contributed by atoms with E-state index in [2.05, 4.69) is 5.32 Å². The van der Waals surface area contributed by atoms with Crippen LogP contribution in [0.5, 0.6) is 0 Å². The van der Waals surface area contributed by atoms with Gasteiger partial charge in [0.1, 0.15) is 11.7 Å². The zero-order chi connectivity index (χ0) is 15.4. The summed E-state index contributed by atoms with van der Waals surface area (Å²) in [6.45, 7) is 5.44. The fraction of sp³-hybridized carbons (Fsp3) is 0.500. The molecule has 0 fully saturated rings. The van der Waals surface area contributed by atoms with E-state index in [4.69, 9.17) is 5.11 Å². The van der Waals surface area contributed by atoms with E-state index in [1.165, 1.54) is 10.8 Å². The first-order valence-electron chi connectivity index (χ1n) is 6.16. The van der Waals surface area contributed by atoms with Crippen molar-refractivity contribution < 1.29 is 19.6 Å². The molecule has 8 nitrogen and oxygen atoms in total. The Bertz CT molecular complexity index is 535. The van der Waals surface area contributed by atoms with Crippen molar-refractivity contribution in [2.75, 3.05) is 0 Å². The second kappa shape index (κ2) is 6.18. The van der Waals surface area contributed by atoms with E-state index in [1.807, 2.05) is 0 Å². The van der Waals surface area contributed by atoms with Crippen molar-refractivity contribution in [1.29, 1.82) is 0 Å². The number of hydrogen-bond donors (Lipinski definition) is 2. The molecular weight excluding hydrogens is 266 g/mol. The van der Waals surface area contributed by atoms with Gasteiger partial charge in [-0.1, -0.05) is 13.8 Å². The van der Waals surface area contributed by atoms with Crippen LogP contribution in [0, 0.1) is 16.0 Å². The van der Waals surface area contributed by atoms with E-state index in [0.29, 0.717) is 6.54 Å². The van der Waals surface area contributed by atoms with Crippen molar-refractivity contribution in [2.45, 2.75) is 33.4 Å². The molecule has 0 aliphatic rings. The van der Waals surface area contributed by atoms with Gasteiger partial charge in [-0.15, -0.1) is 0 Å². The topological polar surface area (TPSA) is 114 Å². The number of nitro groups is 1. The number of hydrogen-bond acceptors (Lipinski definition) is 4. The Kier molecular flexibility index (Phi) is 4.84. The van der Waals surface area contributed by atoms with Crippen LogP contribution in [-0.4, -0.2) is 32.5 Å². The van der Waals surface area contributed by atoms with Crippen LogP contribution < -0.4 is 5.32 Å². The lowest BCUT2D eigenvalue weighted by molar-refractivity contribution is -0.384. The molecule has 0 saturated carbocycles. The average Bonchev–Trinajstić information content (AvgIpc) is 2.79. The number of carbonyl (C=O) groups excluding carboxylic acids is 1. The van der Waals surface area contributed by atoms with E-state index in [1.54, 1.807) is 20.8 Å². The summed E-state index contributed by atoms with van der Waals surface area (Å²) in [5.74, 6) is -2.07. The second-order valence-electron chi connectivity index (χ2n) is 4.66. The van der Waals surface area contributed by atoms with Crippen LogP contribution in [0.2, 0.25) is 0 Å². The maximum atomic E-state index is 12.1. The highest BCUT2D eigenvalue weighted by molar-refractivity contribution is 5.96. The minimum Gasteiger partial charge on any atom is -0.480 e. The highest BCUT2D eigenvalue weighted by Gasteiger charge is 2.26. The predicted octanol–water partition coefficient (Wildman–Crippen LogP) is 1.26. The lowest BCUT2D eigenvalue weighted by Gasteiger charge is -2.18. The fourth-order valence-corrected chi connectivity index (χ4v) is 1.78. The molecule has 0 aromatic carbocycles. The molecule has 0 bridgehead atoms. The van der Waals surface area contributed by atoms with Gasteiger partial charge in [-0.25, -0.2) is 4.79 Å². The second-order valence-corrected chi connectivity index (χ2v) is 4.66. The molecule has 0 aliphatic heterocycles.